The van der Waals surface area contributed by atoms with Crippen LogP contribution in [0.3, 0.4) is 0 Å². The Morgan fingerprint density at radius 1 is 1.82 bits per heavy atom. The summed E-state index contributed by atoms with van der Waals surface area (Å²) in [5.41, 5.74) is 0. The summed E-state index contributed by atoms with van der Waals surface area (Å²) < 4.78 is 10.5. The first-order valence-electron chi connectivity index (χ1n) is 3.53. The Balaban J connectivity index is 2.18. The lowest BCUT2D eigenvalue weighted by molar-refractivity contribution is -0.00787. The molecule has 0 radical (unpaired) electrons. The van der Waals surface area contributed by atoms with Crippen LogP contribution >= 0.6 is 30.4 Å². The minimum absolute atomic E-state index is 0.436. The molecule has 1 atom stereocenters. The largest absolute Gasteiger partial charge is 0.378 e. The predicted octanol–water partition coefficient (Wildman–Crippen LogP) is 1.33. The lowest BCUT2D eigenvalue weighted by Gasteiger charge is -2.31. The van der Waals surface area contributed by atoms with Gasteiger partial charge in [0.2, 0.25) is 0 Å². The predicted molar refractivity (Wildman–Crippen MR) is 54.8 cm³/mol. The summed E-state index contributed by atoms with van der Waals surface area (Å²) in [6.45, 7) is 3.42. The molecule has 1 fully saturated rings. The zero-order valence-corrected chi connectivity index (χ0v) is 9.43. The Bertz CT molecular complexity index is 117. The van der Waals surface area contributed by atoms with Gasteiger partial charge in [-0.2, -0.15) is 0 Å². The van der Waals surface area contributed by atoms with Crippen molar-refractivity contribution >= 4 is 30.4 Å². The third kappa shape index (κ3) is 3.45. The second-order valence-corrected chi connectivity index (χ2v) is 4.00. The van der Waals surface area contributed by atoms with Gasteiger partial charge in [-0.05, 0) is 7.05 Å². The number of morpholine rings is 1. The second-order valence-electron chi connectivity index (χ2n) is 2.56. The molecule has 0 aromatic rings. The van der Waals surface area contributed by atoms with Gasteiger partial charge in [0, 0.05) is 27.8 Å². The molecule has 0 aromatic carbocycles. The maximum absolute atomic E-state index is 5.32. The number of nitrogens with zero attached hydrogens (tertiary/aromatic N) is 1. The maximum Gasteiger partial charge on any atom is 0.0801 e. The minimum atomic E-state index is 0.436. The Morgan fingerprint density at radius 3 is 3.27 bits per heavy atom. The summed E-state index contributed by atoms with van der Waals surface area (Å²) >= 11 is 2.13. The number of ether oxygens (including phenoxy) is 1. The average Bonchev–Trinajstić information content (AvgIpc) is 2.03. The number of hydrogen-bond donors (Lipinski definition) is 0. The van der Waals surface area contributed by atoms with E-state index in [-0.39, 0.29) is 0 Å². The standard InChI is InChI=1S/C6H12INO2S/c1-8-2-3-9-4-6(8)5-10-11-7/h6H,2-5H2,1H3. The molecule has 0 aromatic heterocycles. The highest BCUT2D eigenvalue weighted by molar-refractivity contribution is 14.2. The molecule has 1 rings (SSSR count). The third-order valence-corrected chi connectivity index (χ3v) is 2.81. The molecule has 66 valence electrons. The Hall–Kier alpha value is 0.960. The smallest absolute Gasteiger partial charge is 0.0801 e. The van der Waals surface area contributed by atoms with Crippen molar-refractivity contribution in [2.24, 2.45) is 0 Å². The van der Waals surface area contributed by atoms with Crippen LogP contribution in [0.5, 0.6) is 0 Å². The lowest BCUT2D eigenvalue weighted by atomic mass is 10.2. The first-order chi connectivity index (χ1) is 5.34. The van der Waals surface area contributed by atoms with Crippen LogP contribution in [0.25, 0.3) is 0 Å². The second kappa shape index (κ2) is 5.58. The molecular formula is C6H12INO2S. The van der Waals surface area contributed by atoms with E-state index in [4.69, 9.17) is 8.92 Å². The highest BCUT2D eigenvalue weighted by Crippen LogP contribution is 2.14. The fourth-order valence-corrected chi connectivity index (χ4v) is 1.67. The Kier molecular flexibility index (Phi) is 5.09. The van der Waals surface area contributed by atoms with Gasteiger partial charge in [-0.3, -0.25) is 4.90 Å². The minimum Gasteiger partial charge on any atom is -0.378 e. The van der Waals surface area contributed by atoms with Gasteiger partial charge in [0.05, 0.1) is 35.1 Å². The molecule has 0 N–H and O–H groups in total. The number of rotatable bonds is 3. The molecule has 0 bridgehead atoms. The van der Waals surface area contributed by atoms with Gasteiger partial charge in [0.15, 0.2) is 0 Å². The molecule has 1 saturated heterocycles. The van der Waals surface area contributed by atoms with Crippen molar-refractivity contribution in [1.29, 1.82) is 0 Å². The van der Waals surface area contributed by atoms with Gasteiger partial charge in [0.25, 0.3) is 0 Å². The Morgan fingerprint density at radius 2 is 2.64 bits per heavy atom. The summed E-state index contributed by atoms with van der Waals surface area (Å²) in [7, 11) is 3.49. The topological polar surface area (TPSA) is 21.7 Å². The molecule has 0 amide bonds. The average molecular weight is 289 g/mol. The van der Waals surface area contributed by atoms with Crippen molar-refractivity contribution in [2.45, 2.75) is 6.04 Å². The van der Waals surface area contributed by atoms with E-state index in [0.717, 1.165) is 26.4 Å². The van der Waals surface area contributed by atoms with E-state index < -0.39 is 0 Å². The highest BCUT2D eigenvalue weighted by atomic mass is 127. The van der Waals surface area contributed by atoms with Crippen molar-refractivity contribution in [2.75, 3.05) is 33.4 Å². The summed E-state index contributed by atoms with van der Waals surface area (Å²) in [5, 5.41) is 0. The summed E-state index contributed by atoms with van der Waals surface area (Å²) in [6, 6.07) is 0.436. The fourth-order valence-electron chi connectivity index (χ4n) is 1.02. The summed E-state index contributed by atoms with van der Waals surface area (Å²) in [6.07, 6.45) is 0. The van der Waals surface area contributed by atoms with Gasteiger partial charge in [-0.25, -0.2) is 0 Å². The van der Waals surface area contributed by atoms with Crippen LogP contribution < -0.4 is 0 Å². The number of likely N-dealkylation sites (N-methyl/N-ethyl adjacent to an activating group) is 1. The van der Waals surface area contributed by atoms with E-state index in [0.29, 0.717) is 6.04 Å². The monoisotopic (exact) mass is 289 g/mol. The van der Waals surface area contributed by atoms with Crippen molar-refractivity contribution in [3.63, 3.8) is 0 Å². The first-order valence-corrected chi connectivity index (χ1v) is 6.81. The van der Waals surface area contributed by atoms with E-state index in [1.807, 2.05) is 0 Å². The number of hydrogen-bond acceptors (Lipinski definition) is 4. The molecule has 5 heteroatoms. The maximum atomic E-state index is 5.32. The molecule has 3 nitrogen and oxygen atoms in total. The van der Waals surface area contributed by atoms with Crippen LogP contribution in [0.2, 0.25) is 0 Å². The van der Waals surface area contributed by atoms with Gasteiger partial charge >= 0.3 is 0 Å². The molecule has 0 saturated carbocycles. The Labute approximate surface area is 83.6 Å². The van der Waals surface area contributed by atoms with Crippen molar-refractivity contribution < 1.29 is 8.92 Å². The van der Waals surface area contributed by atoms with E-state index in [1.54, 1.807) is 0 Å². The van der Waals surface area contributed by atoms with Crippen molar-refractivity contribution in [3.8, 4) is 0 Å². The third-order valence-electron chi connectivity index (χ3n) is 1.83. The first kappa shape index (κ1) is 10.0. The van der Waals surface area contributed by atoms with Crippen LogP contribution in [0.1, 0.15) is 0 Å². The van der Waals surface area contributed by atoms with E-state index in [1.165, 1.54) is 9.21 Å². The van der Waals surface area contributed by atoms with Gasteiger partial charge in [0.1, 0.15) is 0 Å². The van der Waals surface area contributed by atoms with Gasteiger partial charge in [-0.1, -0.05) is 0 Å². The highest BCUT2D eigenvalue weighted by Gasteiger charge is 2.19. The molecule has 1 aliphatic heterocycles. The van der Waals surface area contributed by atoms with E-state index in [9.17, 15) is 0 Å². The quantitative estimate of drug-likeness (QED) is 0.577. The summed E-state index contributed by atoms with van der Waals surface area (Å²) in [4.78, 5) is 2.27. The van der Waals surface area contributed by atoms with Gasteiger partial charge in [-0.15, -0.1) is 0 Å². The van der Waals surface area contributed by atoms with Gasteiger partial charge < -0.3 is 8.92 Å². The van der Waals surface area contributed by atoms with Crippen molar-refractivity contribution in [1.82, 2.24) is 4.90 Å². The summed E-state index contributed by atoms with van der Waals surface area (Å²) in [5.74, 6) is 0. The zero-order valence-electron chi connectivity index (χ0n) is 6.46. The van der Waals surface area contributed by atoms with Crippen LogP contribution in [0.15, 0.2) is 0 Å². The normalized spacial score (nSPS) is 27.3. The molecule has 1 heterocycles. The van der Waals surface area contributed by atoms with Crippen LogP contribution in [0, 0.1) is 0 Å². The molecule has 11 heavy (non-hydrogen) atoms. The van der Waals surface area contributed by atoms with Crippen LogP contribution in [-0.4, -0.2) is 44.4 Å². The van der Waals surface area contributed by atoms with Crippen LogP contribution in [-0.2, 0) is 8.92 Å². The molecular weight excluding hydrogens is 277 g/mol. The molecule has 1 aliphatic rings. The fraction of sp³-hybridized carbons (Fsp3) is 1.00. The lowest BCUT2D eigenvalue weighted by Crippen LogP contribution is -2.45. The van der Waals surface area contributed by atoms with Crippen LogP contribution in [0.4, 0.5) is 0 Å². The SMILES string of the molecule is CN1CCOCC1COSI. The van der Waals surface area contributed by atoms with Crippen molar-refractivity contribution in [3.05, 3.63) is 0 Å². The number of halogens is 1. The van der Waals surface area contributed by atoms with E-state index in [2.05, 4.69) is 33.2 Å². The molecule has 1 unspecified atom stereocenters. The molecule has 0 aliphatic carbocycles. The molecule has 0 spiro atoms. The zero-order chi connectivity index (χ0) is 8.10. The van der Waals surface area contributed by atoms with E-state index >= 15 is 0 Å².